The van der Waals surface area contributed by atoms with E-state index in [1.807, 2.05) is 6.07 Å². The first-order valence-electron chi connectivity index (χ1n) is 20.2. The van der Waals surface area contributed by atoms with Crippen molar-refractivity contribution in [2.24, 2.45) is 0 Å². The molecule has 6 heterocycles. The average molecular weight is 726 g/mol. The quantitative estimate of drug-likeness (QED) is 0.157. The fraction of sp³-hybridized carbons (Fsp3) is 0.417. The molecule has 3 aliphatic rings. The number of rotatable bonds is 10. The Balaban J connectivity index is 1.28. The zero-order valence-electron chi connectivity index (χ0n) is 37.3. The molecule has 12 nitrogen and oxygen atoms in total. The van der Waals surface area contributed by atoms with Crippen LogP contribution in [0.2, 0.25) is 0 Å². The predicted octanol–water partition coefficient (Wildman–Crippen LogP) is -18.9. The third-order valence-electron chi connectivity index (χ3n) is 14.4. The number of nitrogen functional groups attached to an aromatic ring is 1. The Labute approximate surface area is 349 Å². The standard InChI is InChI=1S/C24H47B20N9O3/c25-15(26)16(27,28)53-17(29,30)20(35,52(23(37,38)39)11-7-10-47-12(13-46-5-6-54-13)49-50(10)14(45)48-11)43-22(53)21(36,44-22)51(15)8-1-3-9(4-2-8)55-18(31,32)19(33,34)56-24(40,41)42/h1-7,43-44H,25-42H2,(H2,45,48). The lowest BCUT2D eigenvalue weighted by molar-refractivity contribution is 0.00241. The minimum Gasteiger partial charge on any atom is -0.504 e. The van der Waals surface area contributed by atoms with E-state index in [1.165, 1.54) is 12.0 Å². The molecule has 0 saturated carbocycles. The minimum absolute atomic E-state index is 0.123. The summed E-state index contributed by atoms with van der Waals surface area (Å²) in [7, 11) is 42.9. The molecule has 0 amide bonds. The molecule has 3 unspecified atom stereocenters. The smallest absolute Gasteiger partial charge is 0.266 e. The molecule has 266 valence electrons. The minimum atomic E-state index is -0.572. The Kier molecular flexibility index (Phi) is 9.07. The van der Waals surface area contributed by atoms with Gasteiger partial charge in [-0.3, -0.25) is 0 Å². The second-order valence-electron chi connectivity index (χ2n) is 21.6. The Bertz CT molecular complexity index is 2180. The molecule has 1 aromatic carbocycles. The van der Waals surface area contributed by atoms with E-state index in [4.69, 9.17) is 29.6 Å². The number of aromatic nitrogens is 5. The maximum absolute atomic E-state index is 6.70. The molecule has 3 saturated heterocycles. The van der Waals surface area contributed by atoms with Gasteiger partial charge in [0.1, 0.15) is 159 Å². The van der Waals surface area contributed by atoms with Crippen LogP contribution in [0.1, 0.15) is 0 Å². The number of fused-ring (bicyclic) bond motifs is 1. The second-order valence-corrected chi connectivity index (χ2v) is 21.6. The number of hydrogen-bond acceptors (Lipinski definition) is 11. The van der Waals surface area contributed by atoms with E-state index in [-0.39, 0.29) is 48.5 Å². The van der Waals surface area contributed by atoms with Crippen LogP contribution in [0.3, 0.4) is 0 Å². The summed E-state index contributed by atoms with van der Waals surface area (Å²) >= 11 is 0. The van der Waals surface area contributed by atoms with Gasteiger partial charge < -0.3 is 34.3 Å². The van der Waals surface area contributed by atoms with Crippen molar-refractivity contribution in [2.75, 3.05) is 15.5 Å². The molecule has 0 aliphatic carbocycles. The second kappa shape index (κ2) is 12.2. The van der Waals surface area contributed by atoms with Crippen LogP contribution in [-0.2, 0) is 4.74 Å². The number of hydrogen-bond donors (Lipinski definition) is 1. The summed E-state index contributed by atoms with van der Waals surface area (Å²) in [5.41, 5.74) is 8.47. The normalized spacial score (nSPS) is 26.7. The summed E-state index contributed by atoms with van der Waals surface area (Å²) in [5, 5.41) is 1.37. The van der Waals surface area contributed by atoms with Crippen LogP contribution >= 0.6 is 0 Å². The Morgan fingerprint density at radius 1 is 0.786 bits per heavy atom. The highest BCUT2D eigenvalue weighted by Crippen LogP contribution is 2.64. The molecule has 3 fully saturated rings. The van der Waals surface area contributed by atoms with Crippen LogP contribution in [0.25, 0.3) is 17.4 Å². The maximum atomic E-state index is 6.70. The topological polar surface area (TPSA) is 123 Å². The molecule has 3 atom stereocenters. The van der Waals surface area contributed by atoms with E-state index in [0.29, 0.717) is 17.4 Å². The first-order chi connectivity index (χ1) is 25.4. The summed E-state index contributed by atoms with van der Waals surface area (Å²) in [6.45, 7) is 0. The van der Waals surface area contributed by atoms with E-state index in [9.17, 15) is 0 Å². The van der Waals surface area contributed by atoms with Gasteiger partial charge in [0.25, 0.3) is 5.89 Å². The number of anilines is 3. The molecule has 3 aliphatic heterocycles. The average Bonchev–Trinajstić information content (AvgIpc) is 3.45. The number of ether oxygens (including phenoxy) is 2. The van der Waals surface area contributed by atoms with Crippen LogP contribution in [0.15, 0.2) is 47.2 Å². The third-order valence-corrected chi connectivity index (χ3v) is 14.4. The molecule has 32 heteroatoms. The van der Waals surface area contributed by atoms with Gasteiger partial charge >= 0.3 is 0 Å². The highest BCUT2D eigenvalue weighted by atomic mass is 16.6. The largest absolute Gasteiger partial charge is 0.504 e. The van der Waals surface area contributed by atoms with Gasteiger partial charge in [-0.15, -0.1) is 5.10 Å². The fourth-order valence-electron chi connectivity index (χ4n) is 11.1. The van der Waals surface area contributed by atoms with Gasteiger partial charge in [-0.05, 0) is 66.8 Å². The number of benzene rings is 1. The van der Waals surface area contributed by atoms with Crippen molar-refractivity contribution in [3.8, 4) is 17.5 Å². The van der Waals surface area contributed by atoms with Gasteiger partial charge in [-0.1, -0.05) is 0 Å². The lowest BCUT2D eigenvalue weighted by atomic mass is 9.29. The highest BCUT2D eigenvalue weighted by molar-refractivity contribution is 6.92. The first kappa shape index (κ1) is 41.6. The van der Waals surface area contributed by atoms with E-state index in [2.05, 4.69) is 190 Å². The van der Waals surface area contributed by atoms with Crippen molar-refractivity contribution in [1.82, 2.24) is 29.5 Å². The zero-order chi connectivity index (χ0) is 41.7. The van der Waals surface area contributed by atoms with Crippen molar-refractivity contribution in [2.45, 2.75) is 53.4 Å². The van der Waals surface area contributed by atoms with Gasteiger partial charge in [-0.2, -0.15) is 9.50 Å². The third kappa shape index (κ3) is 5.85. The van der Waals surface area contributed by atoms with Crippen molar-refractivity contribution >= 4 is 179 Å². The number of piperazine rings is 1. The van der Waals surface area contributed by atoms with Crippen LogP contribution in [-0.4, -0.2) is 239 Å². The molecule has 56 heavy (non-hydrogen) atoms. The van der Waals surface area contributed by atoms with Crippen LogP contribution in [0.5, 0.6) is 5.75 Å². The van der Waals surface area contributed by atoms with Gasteiger partial charge in [-0.25, -0.2) is 9.97 Å². The highest BCUT2D eigenvalue weighted by Gasteiger charge is 2.85. The molecule has 1 spiro atoms. The first-order valence-corrected chi connectivity index (χ1v) is 20.2. The van der Waals surface area contributed by atoms with E-state index in [0.717, 1.165) is 26.1 Å². The molecule has 0 bridgehead atoms. The van der Waals surface area contributed by atoms with E-state index >= 15 is 0 Å². The van der Waals surface area contributed by atoms with Crippen molar-refractivity contribution in [3.05, 3.63) is 42.8 Å². The Hall–Kier alpha value is -2.60. The van der Waals surface area contributed by atoms with Gasteiger partial charge in [0.15, 0.2) is 20.2 Å². The predicted molar refractivity (Wildman–Crippen MR) is 281 cm³/mol. The summed E-state index contributed by atoms with van der Waals surface area (Å²) < 4.78 is 20.3. The molecular formula is C24H47B20N9O3. The van der Waals surface area contributed by atoms with Crippen molar-refractivity contribution in [3.63, 3.8) is 0 Å². The summed E-state index contributed by atoms with van der Waals surface area (Å²) in [6, 6.07) is 10.8. The summed E-state index contributed by atoms with van der Waals surface area (Å²) in [5.74, 6) is 2.56. The molecule has 4 aromatic rings. The zero-order valence-corrected chi connectivity index (χ0v) is 37.3. The monoisotopic (exact) mass is 730 g/mol. The van der Waals surface area contributed by atoms with Crippen molar-refractivity contribution < 1.29 is 13.9 Å². The van der Waals surface area contributed by atoms with E-state index in [1.54, 1.807) is 10.7 Å². The molecule has 3 aromatic heterocycles. The number of nitrogens with two attached hydrogens (primary N) is 1. The molecular weight excluding hydrogens is 679 g/mol. The van der Waals surface area contributed by atoms with Crippen LogP contribution < -0.4 is 20.3 Å². The molecule has 0 radical (unpaired) electrons. The summed E-state index contributed by atoms with van der Waals surface area (Å²) in [4.78, 5) is 22.2. The van der Waals surface area contributed by atoms with Gasteiger partial charge in [0.05, 0.1) is 11.6 Å². The van der Waals surface area contributed by atoms with E-state index < -0.39 is 10.8 Å². The number of oxazole rings is 1. The SMILES string of the molecule is BC(B)(B)OC(B)(B)C(B)(B)Oc1ccc(N2C(B)(B)C(B)(B)N3C(B)(B)C(B)(N(c4cc5nc(-c6ncco6)nn5c(N)n4)C(B)(B)B)BC34BC24B)cc1. The fourth-order valence-corrected chi connectivity index (χ4v) is 11.1. The van der Waals surface area contributed by atoms with Crippen LogP contribution in [0, 0.1) is 0 Å². The molecule has 7 rings (SSSR count). The Morgan fingerprint density at radius 3 is 1.96 bits per heavy atom. The summed E-state index contributed by atoms with van der Waals surface area (Å²) in [6.07, 6.45) is 3.09. The number of nitrogens with zero attached hydrogens (tertiary/aromatic N) is 8. The van der Waals surface area contributed by atoms with Gasteiger partial charge in [0.2, 0.25) is 11.8 Å². The maximum Gasteiger partial charge on any atom is 0.266 e. The molecule has 2 N–H and O–H groups in total. The Morgan fingerprint density at radius 2 is 1.41 bits per heavy atom. The van der Waals surface area contributed by atoms with Crippen molar-refractivity contribution in [1.29, 1.82) is 0 Å². The van der Waals surface area contributed by atoms with Crippen LogP contribution in [0.4, 0.5) is 17.5 Å². The lowest BCUT2D eigenvalue weighted by Gasteiger charge is -2.70. The lowest BCUT2D eigenvalue weighted by Crippen LogP contribution is -2.86. The van der Waals surface area contributed by atoms with Gasteiger partial charge in [0, 0.05) is 17.2 Å².